The van der Waals surface area contributed by atoms with Crippen LogP contribution in [0, 0.1) is 6.92 Å². The number of nitrogens with one attached hydrogen (secondary N) is 2. The van der Waals surface area contributed by atoms with Crippen molar-refractivity contribution in [1.29, 1.82) is 0 Å². The van der Waals surface area contributed by atoms with Crippen LogP contribution < -0.4 is 14.9 Å². The molecule has 8 heteroatoms. The Morgan fingerprint density at radius 1 is 1.19 bits per heavy atom. The van der Waals surface area contributed by atoms with Gasteiger partial charge < -0.3 is 15.0 Å². The number of anilines is 1. The summed E-state index contributed by atoms with van der Waals surface area (Å²) in [6, 6.07) is 14.2. The number of benzene rings is 2. The van der Waals surface area contributed by atoms with Gasteiger partial charge in [-0.2, -0.15) is 0 Å². The van der Waals surface area contributed by atoms with Crippen LogP contribution in [0.25, 0.3) is 0 Å². The van der Waals surface area contributed by atoms with Crippen LogP contribution in [0.2, 0.25) is 0 Å². The van der Waals surface area contributed by atoms with Crippen LogP contribution in [0.4, 0.5) is 5.69 Å². The molecular formula is C23H31N3O4S. The summed E-state index contributed by atoms with van der Waals surface area (Å²) in [4.78, 5) is 14.9. The summed E-state index contributed by atoms with van der Waals surface area (Å²) in [5.41, 5.74) is 2.65. The molecule has 1 heterocycles. The zero-order valence-electron chi connectivity index (χ0n) is 18.1. The van der Waals surface area contributed by atoms with Crippen LogP contribution in [0.5, 0.6) is 0 Å². The molecule has 0 aliphatic carbocycles. The van der Waals surface area contributed by atoms with E-state index in [4.69, 9.17) is 4.74 Å². The van der Waals surface area contributed by atoms with Crippen molar-refractivity contribution in [2.24, 2.45) is 0 Å². The summed E-state index contributed by atoms with van der Waals surface area (Å²) in [7, 11) is -3.70. The molecule has 0 spiro atoms. The molecule has 7 nitrogen and oxygen atoms in total. The fraction of sp³-hybridized carbons (Fsp3) is 0.435. The predicted octanol–water partition coefficient (Wildman–Crippen LogP) is 2.71. The van der Waals surface area contributed by atoms with Crippen LogP contribution in [0.1, 0.15) is 35.7 Å². The zero-order valence-corrected chi connectivity index (χ0v) is 19.0. The van der Waals surface area contributed by atoms with Crippen LogP contribution in [-0.4, -0.2) is 53.2 Å². The minimum absolute atomic E-state index is 0.0771. The SMILES string of the molecule is CCN(CCNC(=O)c1cccc(S(=O)(=O)NCC2CCCO2)c1)c1ccccc1C. The van der Waals surface area contributed by atoms with Crippen LogP contribution in [0.15, 0.2) is 53.4 Å². The average Bonchev–Trinajstić information content (AvgIpc) is 3.30. The van der Waals surface area contributed by atoms with E-state index >= 15 is 0 Å². The molecule has 1 aliphatic rings. The van der Waals surface area contributed by atoms with Gasteiger partial charge in [0.2, 0.25) is 10.0 Å². The lowest BCUT2D eigenvalue weighted by Gasteiger charge is -2.25. The topological polar surface area (TPSA) is 87.7 Å². The number of aryl methyl sites for hydroxylation is 1. The predicted molar refractivity (Wildman–Crippen MR) is 122 cm³/mol. The summed E-state index contributed by atoms with van der Waals surface area (Å²) < 4.78 is 33.2. The molecule has 1 saturated heterocycles. The minimum atomic E-state index is -3.70. The van der Waals surface area contributed by atoms with Gasteiger partial charge >= 0.3 is 0 Å². The Morgan fingerprint density at radius 2 is 2.00 bits per heavy atom. The molecule has 0 bridgehead atoms. The van der Waals surface area contributed by atoms with E-state index in [9.17, 15) is 13.2 Å². The molecule has 2 N–H and O–H groups in total. The molecule has 168 valence electrons. The molecule has 1 atom stereocenters. The Hall–Kier alpha value is -2.42. The number of rotatable bonds is 10. The molecule has 1 aliphatic heterocycles. The van der Waals surface area contributed by atoms with E-state index in [1.54, 1.807) is 12.1 Å². The second-order valence-corrected chi connectivity index (χ2v) is 9.40. The fourth-order valence-electron chi connectivity index (χ4n) is 3.67. The van der Waals surface area contributed by atoms with Crippen molar-refractivity contribution in [3.63, 3.8) is 0 Å². The molecule has 0 radical (unpaired) electrons. The summed E-state index contributed by atoms with van der Waals surface area (Å²) >= 11 is 0. The third-order valence-corrected chi connectivity index (χ3v) is 6.86. The van der Waals surface area contributed by atoms with Gasteiger partial charge in [0.05, 0.1) is 11.0 Å². The van der Waals surface area contributed by atoms with Gasteiger partial charge in [-0.15, -0.1) is 0 Å². The zero-order chi connectivity index (χ0) is 22.3. The molecule has 1 amide bonds. The van der Waals surface area contributed by atoms with Gasteiger partial charge in [0.15, 0.2) is 0 Å². The standard InChI is InChI=1S/C23H31N3O4S/c1-3-26(22-12-5-4-8-18(22)2)14-13-24-23(27)19-9-6-11-21(16-19)31(28,29)25-17-20-10-7-15-30-20/h4-6,8-9,11-12,16,20,25H,3,7,10,13-15,17H2,1-2H3,(H,24,27). The lowest BCUT2D eigenvalue weighted by atomic mass is 10.2. The molecule has 0 saturated carbocycles. The van der Waals surface area contributed by atoms with Gasteiger partial charge in [-0.05, 0) is 56.5 Å². The Morgan fingerprint density at radius 3 is 2.71 bits per heavy atom. The molecule has 2 aromatic carbocycles. The van der Waals surface area contributed by atoms with Gasteiger partial charge in [0.25, 0.3) is 5.91 Å². The lowest BCUT2D eigenvalue weighted by Crippen LogP contribution is -2.35. The van der Waals surface area contributed by atoms with E-state index in [-0.39, 0.29) is 23.5 Å². The number of likely N-dealkylation sites (N-methyl/N-ethyl adjacent to an activating group) is 1. The Balaban J connectivity index is 1.57. The fourth-order valence-corrected chi connectivity index (χ4v) is 4.78. The lowest BCUT2D eigenvalue weighted by molar-refractivity contribution is 0.0954. The maximum atomic E-state index is 12.6. The minimum Gasteiger partial charge on any atom is -0.377 e. The second-order valence-electron chi connectivity index (χ2n) is 7.64. The molecule has 1 fully saturated rings. The highest BCUT2D eigenvalue weighted by Crippen LogP contribution is 2.18. The third kappa shape index (κ3) is 6.29. The van der Waals surface area contributed by atoms with E-state index in [0.29, 0.717) is 25.3 Å². The number of hydrogen-bond acceptors (Lipinski definition) is 5. The number of carbonyl (C=O) groups excluding carboxylic acids is 1. The summed E-state index contributed by atoms with van der Waals surface area (Å²) in [5, 5.41) is 2.89. The molecule has 0 aromatic heterocycles. The smallest absolute Gasteiger partial charge is 0.251 e. The second kappa shape index (κ2) is 10.7. The molecule has 1 unspecified atom stereocenters. The first-order valence-corrected chi connectivity index (χ1v) is 12.2. The number of para-hydroxylation sites is 1. The van der Waals surface area contributed by atoms with E-state index < -0.39 is 10.0 Å². The Bertz CT molecular complexity index is 988. The summed E-state index contributed by atoms with van der Waals surface area (Å²) in [5.74, 6) is -0.294. The van der Waals surface area contributed by atoms with Gasteiger partial charge in [0, 0.05) is 44.0 Å². The number of hydrogen-bond donors (Lipinski definition) is 2. The highest BCUT2D eigenvalue weighted by Gasteiger charge is 2.21. The van der Waals surface area contributed by atoms with Crippen molar-refractivity contribution in [3.05, 3.63) is 59.7 Å². The van der Waals surface area contributed by atoms with Crippen LogP contribution in [-0.2, 0) is 14.8 Å². The van der Waals surface area contributed by atoms with Crippen molar-refractivity contribution >= 4 is 21.6 Å². The first-order chi connectivity index (χ1) is 14.9. The summed E-state index contributed by atoms with van der Waals surface area (Å²) in [6.07, 6.45) is 1.71. The van der Waals surface area contributed by atoms with Crippen molar-refractivity contribution in [2.75, 3.05) is 37.7 Å². The third-order valence-electron chi connectivity index (χ3n) is 5.44. The number of carbonyl (C=O) groups is 1. The van der Waals surface area contributed by atoms with Gasteiger partial charge in [-0.3, -0.25) is 4.79 Å². The van der Waals surface area contributed by atoms with Crippen LogP contribution in [0.3, 0.4) is 0 Å². The van der Waals surface area contributed by atoms with E-state index in [2.05, 4.69) is 40.9 Å². The van der Waals surface area contributed by atoms with Gasteiger partial charge in [0.1, 0.15) is 0 Å². The molecule has 3 rings (SSSR count). The van der Waals surface area contributed by atoms with E-state index in [0.717, 1.165) is 25.1 Å². The van der Waals surface area contributed by atoms with Gasteiger partial charge in [-0.1, -0.05) is 24.3 Å². The molecular weight excluding hydrogens is 414 g/mol. The highest BCUT2D eigenvalue weighted by atomic mass is 32.2. The maximum Gasteiger partial charge on any atom is 0.251 e. The van der Waals surface area contributed by atoms with Crippen LogP contribution >= 0.6 is 0 Å². The molecule has 2 aromatic rings. The summed E-state index contributed by atoms with van der Waals surface area (Å²) in [6.45, 7) is 6.99. The number of amides is 1. The first kappa shape index (κ1) is 23.2. The first-order valence-electron chi connectivity index (χ1n) is 10.7. The monoisotopic (exact) mass is 445 g/mol. The van der Waals surface area contributed by atoms with Crippen molar-refractivity contribution in [2.45, 2.75) is 37.7 Å². The van der Waals surface area contributed by atoms with E-state index in [1.165, 1.54) is 17.7 Å². The quantitative estimate of drug-likeness (QED) is 0.587. The highest BCUT2D eigenvalue weighted by molar-refractivity contribution is 7.89. The number of nitrogens with zero attached hydrogens (tertiary/aromatic N) is 1. The van der Waals surface area contributed by atoms with E-state index in [1.807, 2.05) is 12.1 Å². The van der Waals surface area contributed by atoms with Crippen molar-refractivity contribution in [1.82, 2.24) is 10.0 Å². The molecule has 31 heavy (non-hydrogen) atoms. The number of ether oxygens (including phenoxy) is 1. The normalized spacial score (nSPS) is 16.3. The average molecular weight is 446 g/mol. The maximum absolute atomic E-state index is 12.6. The largest absolute Gasteiger partial charge is 0.377 e. The number of sulfonamides is 1. The van der Waals surface area contributed by atoms with Crippen molar-refractivity contribution < 1.29 is 17.9 Å². The Labute approximate surface area is 184 Å². The van der Waals surface area contributed by atoms with Gasteiger partial charge in [-0.25, -0.2) is 13.1 Å². The van der Waals surface area contributed by atoms with Crippen molar-refractivity contribution in [3.8, 4) is 0 Å². The Kier molecular flexibility index (Phi) is 8.06.